The van der Waals surface area contributed by atoms with Crippen molar-refractivity contribution in [3.8, 4) is 0 Å². The van der Waals surface area contributed by atoms with Crippen molar-refractivity contribution >= 4 is 29.1 Å². The molecule has 0 aliphatic carbocycles. The molecule has 0 heterocycles. The molecule has 6 nitrogen and oxygen atoms in total. The van der Waals surface area contributed by atoms with Crippen molar-refractivity contribution in [3.05, 3.63) is 29.3 Å². The lowest BCUT2D eigenvalue weighted by Crippen LogP contribution is -2.39. The fourth-order valence-corrected chi connectivity index (χ4v) is 1.91. The van der Waals surface area contributed by atoms with Crippen LogP contribution >= 0.6 is 11.6 Å². The maximum absolute atomic E-state index is 11.9. The highest BCUT2D eigenvalue weighted by atomic mass is 35.5. The highest BCUT2D eigenvalue weighted by Gasteiger charge is 2.10. The van der Waals surface area contributed by atoms with Crippen molar-refractivity contribution < 1.29 is 14.3 Å². The molecular formula is C15H22ClN3O3. The molecule has 0 spiro atoms. The number of likely N-dealkylation sites (N-methyl/N-ethyl adjacent to an activating group) is 1. The van der Waals surface area contributed by atoms with Gasteiger partial charge < -0.3 is 15.4 Å². The number of halogens is 1. The highest BCUT2D eigenvalue weighted by Crippen LogP contribution is 2.13. The number of benzene rings is 1. The third kappa shape index (κ3) is 7.97. The van der Waals surface area contributed by atoms with E-state index in [9.17, 15) is 9.59 Å². The van der Waals surface area contributed by atoms with Crippen LogP contribution in [0.1, 0.15) is 6.42 Å². The summed E-state index contributed by atoms with van der Waals surface area (Å²) in [7, 11) is 3.34. The number of rotatable bonds is 9. The molecule has 0 radical (unpaired) electrons. The molecule has 0 saturated carbocycles. The molecule has 0 saturated heterocycles. The van der Waals surface area contributed by atoms with E-state index in [4.69, 9.17) is 16.3 Å². The minimum Gasteiger partial charge on any atom is -0.385 e. The van der Waals surface area contributed by atoms with E-state index in [2.05, 4.69) is 10.6 Å². The van der Waals surface area contributed by atoms with Gasteiger partial charge in [-0.15, -0.1) is 0 Å². The van der Waals surface area contributed by atoms with Crippen LogP contribution in [0.15, 0.2) is 24.3 Å². The number of ether oxygens (including phenoxy) is 1. The van der Waals surface area contributed by atoms with E-state index in [1.165, 1.54) is 0 Å². The molecule has 1 rings (SSSR count). The van der Waals surface area contributed by atoms with Crippen LogP contribution < -0.4 is 10.6 Å². The van der Waals surface area contributed by atoms with E-state index in [0.717, 1.165) is 6.42 Å². The molecule has 22 heavy (non-hydrogen) atoms. The molecule has 1 aromatic rings. The second-order valence-corrected chi connectivity index (χ2v) is 5.36. The third-order valence-electron chi connectivity index (χ3n) is 2.80. The van der Waals surface area contributed by atoms with Gasteiger partial charge in [-0.05, 0) is 37.7 Å². The number of amides is 2. The number of nitrogens with one attached hydrogen (secondary N) is 2. The number of carbonyl (C=O) groups excluding carboxylic acids is 2. The minimum atomic E-state index is -0.183. The zero-order valence-corrected chi connectivity index (χ0v) is 13.7. The second kappa shape index (κ2) is 10.2. The van der Waals surface area contributed by atoms with Gasteiger partial charge in [-0.2, -0.15) is 0 Å². The van der Waals surface area contributed by atoms with Crippen LogP contribution in [0.2, 0.25) is 5.02 Å². The Bertz CT molecular complexity index is 479. The van der Waals surface area contributed by atoms with Gasteiger partial charge in [-0.3, -0.25) is 14.5 Å². The van der Waals surface area contributed by atoms with Gasteiger partial charge in [0, 0.05) is 31.0 Å². The van der Waals surface area contributed by atoms with E-state index < -0.39 is 0 Å². The molecule has 0 aliphatic heterocycles. The topological polar surface area (TPSA) is 70.7 Å². The van der Waals surface area contributed by atoms with Gasteiger partial charge in [-0.25, -0.2) is 0 Å². The van der Waals surface area contributed by atoms with Crippen LogP contribution in [0.4, 0.5) is 5.69 Å². The fourth-order valence-electron chi connectivity index (χ4n) is 1.78. The summed E-state index contributed by atoms with van der Waals surface area (Å²) in [5.41, 5.74) is 0.673. The number of carbonyl (C=O) groups is 2. The standard InChI is InChI=1S/C15H22ClN3O3/c1-19(10-14(20)17-8-3-9-22-2)11-15(21)18-13-6-4-12(16)5-7-13/h4-7H,3,8-11H2,1-2H3,(H,17,20)(H,18,21). The van der Waals surface area contributed by atoms with Crippen molar-refractivity contribution in [1.29, 1.82) is 0 Å². The molecule has 0 bridgehead atoms. The summed E-state index contributed by atoms with van der Waals surface area (Å²) in [6.45, 7) is 1.48. The van der Waals surface area contributed by atoms with E-state index >= 15 is 0 Å². The molecule has 0 unspecified atom stereocenters. The van der Waals surface area contributed by atoms with Gasteiger partial charge in [0.05, 0.1) is 13.1 Å². The monoisotopic (exact) mass is 327 g/mol. The molecular weight excluding hydrogens is 306 g/mol. The van der Waals surface area contributed by atoms with Crippen LogP contribution in [0, 0.1) is 0 Å². The van der Waals surface area contributed by atoms with Gasteiger partial charge >= 0.3 is 0 Å². The lowest BCUT2D eigenvalue weighted by Gasteiger charge is -2.16. The summed E-state index contributed by atoms with van der Waals surface area (Å²) in [5, 5.41) is 6.13. The Hall–Kier alpha value is -1.63. The zero-order chi connectivity index (χ0) is 16.4. The van der Waals surface area contributed by atoms with Crippen molar-refractivity contribution in [2.24, 2.45) is 0 Å². The van der Waals surface area contributed by atoms with E-state index in [0.29, 0.717) is 23.9 Å². The lowest BCUT2D eigenvalue weighted by molar-refractivity contribution is -0.123. The average molecular weight is 328 g/mol. The van der Waals surface area contributed by atoms with Gasteiger partial charge in [0.2, 0.25) is 11.8 Å². The predicted molar refractivity (Wildman–Crippen MR) is 87.1 cm³/mol. The average Bonchev–Trinajstić information content (AvgIpc) is 2.46. The van der Waals surface area contributed by atoms with Gasteiger partial charge in [0.1, 0.15) is 0 Å². The first kappa shape index (κ1) is 18.4. The normalized spacial score (nSPS) is 10.5. The van der Waals surface area contributed by atoms with Crippen LogP contribution in [0.3, 0.4) is 0 Å². The minimum absolute atomic E-state index is 0.113. The molecule has 0 atom stereocenters. The molecule has 2 N–H and O–H groups in total. The van der Waals surface area contributed by atoms with Crippen molar-refractivity contribution in [2.75, 3.05) is 45.7 Å². The van der Waals surface area contributed by atoms with Gasteiger partial charge in [-0.1, -0.05) is 11.6 Å². The fraction of sp³-hybridized carbons (Fsp3) is 0.467. The molecule has 122 valence electrons. The number of nitrogens with zero attached hydrogens (tertiary/aromatic N) is 1. The summed E-state index contributed by atoms with van der Waals surface area (Å²) < 4.78 is 4.90. The summed E-state index contributed by atoms with van der Waals surface area (Å²) in [4.78, 5) is 25.2. The SMILES string of the molecule is COCCCNC(=O)CN(C)CC(=O)Nc1ccc(Cl)cc1. The van der Waals surface area contributed by atoms with Crippen molar-refractivity contribution in [2.45, 2.75) is 6.42 Å². The van der Waals surface area contributed by atoms with Crippen molar-refractivity contribution in [1.82, 2.24) is 10.2 Å². The van der Waals surface area contributed by atoms with Crippen LogP contribution in [-0.4, -0.2) is 57.1 Å². The first-order valence-electron chi connectivity index (χ1n) is 7.01. The van der Waals surface area contributed by atoms with Crippen LogP contribution in [-0.2, 0) is 14.3 Å². The molecule has 2 amide bonds. The second-order valence-electron chi connectivity index (χ2n) is 4.92. The number of hydrogen-bond acceptors (Lipinski definition) is 4. The first-order chi connectivity index (χ1) is 10.5. The quantitative estimate of drug-likeness (QED) is 0.672. The number of anilines is 1. The molecule has 0 aliphatic rings. The summed E-state index contributed by atoms with van der Waals surface area (Å²) in [5.74, 6) is -0.296. The molecule has 7 heteroatoms. The highest BCUT2D eigenvalue weighted by molar-refractivity contribution is 6.30. The lowest BCUT2D eigenvalue weighted by atomic mass is 10.3. The first-order valence-corrected chi connectivity index (χ1v) is 7.38. The van der Waals surface area contributed by atoms with Crippen molar-refractivity contribution in [3.63, 3.8) is 0 Å². The Labute approximate surface area is 135 Å². The van der Waals surface area contributed by atoms with Crippen LogP contribution in [0.25, 0.3) is 0 Å². The van der Waals surface area contributed by atoms with Gasteiger partial charge in [0.15, 0.2) is 0 Å². The van der Waals surface area contributed by atoms with Gasteiger partial charge in [0.25, 0.3) is 0 Å². The summed E-state index contributed by atoms with van der Waals surface area (Å²) in [6.07, 6.45) is 0.767. The maximum Gasteiger partial charge on any atom is 0.238 e. The Morgan fingerprint density at radius 3 is 2.45 bits per heavy atom. The predicted octanol–water partition coefficient (Wildman–Crippen LogP) is 1.36. The number of hydrogen-bond donors (Lipinski definition) is 2. The largest absolute Gasteiger partial charge is 0.385 e. The molecule has 0 aromatic heterocycles. The molecule has 0 fully saturated rings. The zero-order valence-electron chi connectivity index (χ0n) is 12.9. The smallest absolute Gasteiger partial charge is 0.238 e. The Morgan fingerprint density at radius 2 is 1.82 bits per heavy atom. The molecule has 1 aromatic carbocycles. The number of methoxy groups -OCH3 is 1. The summed E-state index contributed by atoms with van der Waals surface area (Å²) in [6, 6.07) is 6.86. The van der Waals surface area contributed by atoms with Crippen LogP contribution in [0.5, 0.6) is 0 Å². The Kier molecular flexibility index (Phi) is 8.50. The third-order valence-corrected chi connectivity index (χ3v) is 3.05. The van der Waals surface area contributed by atoms with E-state index in [1.807, 2.05) is 0 Å². The Morgan fingerprint density at radius 1 is 1.18 bits per heavy atom. The van der Waals surface area contributed by atoms with E-state index in [1.54, 1.807) is 43.3 Å². The summed E-state index contributed by atoms with van der Waals surface area (Å²) >= 11 is 5.78. The maximum atomic E-state index is 11.9. The Balaban J connectivity index is 2.25. The van der Waals surface area contributed by atoms with E-state index in [-0.39, 0.29) is 24.9 Å².